The minimum Gasteiger partial charge on any atom is -0.476 e. The molecule has 62 valence electrons. The van der Waals surface area contributed by atoms with Crippen molar-refractivity contribution in [3.8, 4) is 0 Å². The van der Waals surface area contributed by atoms with Crippen LogP contribution in [-0.4, -0.2) is 20.5 Å². The van der Waals surface area contributed by atoms with E-state index in [1.807, 2.05) is 0 Å². The molecule has 0 spiro atoms. The van der Waals surface area contributed by atoms with Crippen LogP contribution in [-0.2, 0) is 0 Å². The van der Waals surface area contributed by atoms with Crippen LogP contribution >= 0.6 is 15.9 Å². The molecule has 0 fully saturated rings. The van der Waals surface area contributed by atoms with Gasteiger partial charge in [0.15, 0.2) is 4.73 Å². The summed E-state index contributed by atoms with van der Waals surface area (Å²) in [6.45, 7) is 0. The average Bonchev–Trinajstić information content (AvgIpc) is 2.53. The number of hydrogen-bond donors (Lipinski definition) is 1. The van der Waals surface area contributed by atoms with Crippen molar-refractivity contribution >= 4 is 27.6 Å². The predicted octanol–water partition coefficient (Wildman–Crippen LogP) is 1.39. The molecule has 2 rings (SSSR count). The van der Waals surface area contributed by atoms with Crippen molar-refractivity contribution in [2.24, 2.45) is 0 Å². The van der Waals surface area contributed by atoms with Gasteiger partial charge in [-0.1, -0.05) is 0 Å². The Balaban J connectivity index is 2.83. The molecule has 2 aromatic heterocycles. The fourth-order valence-corrected chi connectivity index (χ4v) is 1.39. The van der Waals surface area contributed by atoms with Crippen LogP contribution in [0.5, 0.6) is 0 Å². The highest BCUT2D eigenvalue weighted by Gasteiger charge is 2.17. The number of halogens is 1. The molecule has 0 unspecified atom stereocenters. The lowest BCUT2D eigenvalue weighted by molar-refractivity contribution is 0.0692. The second kappa shape index (κ2) is 2.34. The van der Waals surface area contributed by atoms with Crippen molar-refractivity contribution in [1.29, 1.82) is 0 Å². The van der Waals surface area contributed by atoms with E-state index in [2.05, 4.69) is 20.9 Å². The zero-order chi connectivity index (χ0) is 8.72. The van der Waals surface area contributed by atoms with E-state index in [0.717, 1.165) is 0 Å². The minimum atomic E-state index is -1.10. The molecule has 0 atom stereocenters. The Bertz CT molecular complexity index is 445. The molecular weight excluding hydrogens is 228 g/mol. The Morgan fingerprint density at radius 2 is 2.50 bits per heavy atom. The summed E-state index contributed by atoms with van der Waals surface area (Å²) in [6, 6.07) is 0. The third kappa shape index (κ3) is 0.845. The number of aromatic carboxylic acids is 1. The minimum absolute atomic E-state index is 0.0909. The van der Waals surface area contributed by atoms with Gasteiger partial charge in [-0.25, -0.2) is 9.78 Å². The molecule has 0 radical (unpaired) electrons. The van der Waals surface area contributed by atoms with Gasteiger partial charge < -0.3 is 9.52 Å². The summed E-state index contributed by atoms with van der Waals surface area (Å²) in [5.74, 6) is -1.10. The summed E-state index contributed by atoms with van der Waals surface area (Å²) in [4.78, 5) is 14.3. The van der Waals surface area contributed by atoms with Gasteiger partial charge in [-0.3, -0.25) is 4.40 Å². The fraction of sp³-hybridized carbons (Fsp3) is 0. The molecule has 0 aliphatic rings. The smallest absolute Gasteiger partial charge is 0.360 e. The molecule has 2 aromatic rings. The van der Waals surface area contributed by atoms with Crippen LogP contribution in [0.4, 0.5) is 0 Å². The lowest BCUT2D eigenvalue weighted by atomic mass is 10.5. The molecule has 0 amide bonds. The first-order chi connectivity index (χ1) is 5.70. The molecule has 5 nitrogen and oxygen atoms in total. The van der Waals surface area contributed by atoms with Gasteiger partial charge in [-0.2, -0.15) is 0 Å². The summed E-state index contributed by atoms with van der Waals surface area (Å²) < 4.78 is 6.84. The SMILES string of the molecule is O=C(O)c1nc(Br)n2ccoc12. The second-order valence-electron chi connectivity index (χ2n) is 2.11. The van der Waals surface area contributed by atoms with Crippen molar-refractivity contribution in [2.75, 3.05) is 0 Å². The molecule has 0 aromatic carbocycles. The maximum Gasteiger partial charge on any atom is 0.360 e. The highest BCUT2D eigenvalue weighted by atomic mass is 79.9. The van der Waals surface area contributed by atoms with Crippen LogP contribution in [0.2, 0.25) is 0 Å². The molecule has 6 heteroatoms. The summed E-state index contributed by atoms with van der Waals surface area (Å²) >= 11 is 3.09. The number of carboxylic acids is 1. The van der Waals surface area contributed by atoms with Crippen LogP contribution in [0.3, 0.4) is 0 Å². The van der Waals surface area contributed by atoms with Crippen molar-refractivity contribution in [3.63, 3.8) is 0 Å². The normalized spacial score (nSPS) is 10.8. The summed E-state index contributed by atoms with van der Waals surface area (Å²) in [7, 11) is 0. The number of carboxylic acid groups (broad SMARTS) is 1. The molecule has 0 saturated heterocycles. The molecule has 0 saturated carbocycles. The van der Waals surface area contributed by atoms with Crippen LogP contribution in [0, 0.1) is 0 Å². The molecule has 0 aliphatic heterocycles. The van der Waals surface area contributed by atoms with Crippen molar-refractivity contribution in [2.45, 2.75) is 0 Å². The zero-order valence-electron chi connectivity index (χ0n) is 5.69. The maximum atomic E-state index is 10.6. The zero-order valence-corrected chi connectivity index (χ0v) is 7.28. The Morgan fingerprint density at radius 3 is 3.17 bits per heavy atom. The van der Waals surface area contributed by atoms with Crippen molar-refractivity contribution < 1.29 is 14.3 Å². The number of imidazole rings is 1. The highest BCUT2D eigenvalue weighted by Crippen LogP contribution is 2.17. The number of rotatable bonds is 1. The molecule has 0 bridgehead atoms. The van der Waals surface area contributed by atoms with Gasteiger partial charge in [0, 0.05) is 6.20 Å². The highest BCUT2D eigenvalue weighted by molar-refractivity contribution is 9.10. The van der Waals surface area contributed by atoms with Gasteiger partial charge in [0.25, 0.3) is 0 Å². The molecule has 1 N–H and O–H groups in total. The number of fused-ring (bicyclic) bond motifs is 1. The van der Waals surface area contributed by atoms with E-state index in [1.165, 1.54) is 10.7 Å². The van der Waals surface area contributed by atoms with Gasteiger partial charge >= 0.3 is 5.97 Å². The fourth-order valence-electron chi connectivity index (χ4n) is 0.929. The van der Waals surface area contributed by atoms with Crippen LogP contribution in [0.25, 0.3) is 5.71 Å². The van der Waals surface area contributed by atoms with E-state index in [0.29, 0.717) is 4.73 Å². The third-order valence-corrected chi connectivity index (χ3v) is 1.98. The quantitative estimate of drug-likeness (QED) is 0.804. The molecular formula is C6H3BrN2O3. The maximum absolute atomic E-state index is 10.6. The van der Waals surface area contributed by atoms with Gasteiger partial charge in [-0.15, -0.1) is 0 Å². The molecule has 2 heterocycles. The average molecular weight is 231 g/mol. The van der Waals surface area contributed by atoms with E-state index in [9.17, 15) is 4.79 Å². The summed E-state index contributed by atoms with van der Waals surface area (Å²) in [6.07, 6.45) is 2.98. The van der Waals surface area contributed by atoms with Gasteiger partial charge in [0.1, 0.15) is 6.26 Å². The Hall–Kier alpha value is -1.30. The van der Waals surface area contributed by atoms with Crippen LogP contribution in [0.1, 0.15) is 10.5 Å². The lowest BCUT2D eigenvalue weighted by Gasteiger charge is -1.81. The Labute approximate surface area is 74.8 Å². The van der Waals surface area contributed by atoms with E-state index in [1.54, 1.807) is 6.20 Å². The van der Waals surface area contributed by atoms with E-state index in [4.69, 9.17) is 9.52 Å². The van der Waals surface area contributed by atoms with Gasteiger partial charge in [-0.05, 0) is 15.9 Å². The van der Waals surface area contributed by atoms with E-state index < -0.39 is 5.97 Å². The number of nitrogens with zero attached hydrogens (tertiary/aromatic N) is 2. The molecule has 0 aliphatic carbocycles. The first-order valence-electron chi connectivity index (χ1n) is 3.04. The second-order valence-corrected chi connectivity index (χ2v) is 2.82. The van der Waals surface area contributed by atoms with Gasteiger partial charge in [0.2, 0.25) is 11.4 Å². The number of aromatic nitrogens is 2. The Morgan fingerprint density at radius 1 is 1.75 bits per heavy atom. The Kier molecular flexibility index (Phi) is 1.44. The van der Waals surface area contributed by atoms with E-state index in [-0.39, 0.29) is 11.4 Å². The lowest BCUT2D eigenvalue weighted by Crippen LogP contribution is -1.96. The third-order valence-electron chi connectivity index (χ3n) is 1.42. The molecule has 12 heavy (non-hydrogen) atoms. The summed E-state index contributed by atoms with van der Waals surface area (Å²) in [5, 5.41) is 8.66. The standard InChI is InChI=1S/C6H3BrN2O3/c7-6-8-3(5(10)11)4-9(6)1-2-12-4/h1-2H,(H,10,11). The number of oxazole rings is 1. The predicted molar refractivity (Wildman–Crippen MR) is 42.1 cm³/mol. The van der Waals surface area contributed by atoms with Crippen LogP contribution < -0.4 is 0 Å². The monoisotopic (exact) mass is 230 g/mol. The number of carbonyl (C=O) groups is 1. The topological polar surface area (TPSA) is 67.7 Å². The largest absolute Gasteiger partial charge is 0.476 e. The first kappa shape index (κ1) is 7.35. The van der Waals surface area contributed by atoms with Crippen molar-refractivity contribution in [3.05, 3.63) is 22.9 Å². The summed E-state index contributed by atoms with van der Waals surface area (Å²) in [5.41, 5.74) is 0.140. The van der Waals surface area contributed by atoms with Crippen LogP contribution in [0.15, 0.2) is 21.6 Å². The van der Waals surface area contributed by atoms with Gasteiger partial charge in [0.05, 0.1) is 0 Å². The van der Waals surface area contributed by atoms with E-state index >= 15 is 0 Å². The van der Waals surface area contributed by atoms with Crippen molar-refractivity contribution in [1.82, 2.24) is 9.38 Å². The first-order valence-corrected chi connectivity index (χ1v) is 3.84. The number of hydrogen-bond acceptors (Lipinski definition) is 3.